The summed E-state index contributed by atoms with van der Waals surface area (Å²) in [5.41, 5.74) is 6.39. The zero-order valence-corrected chi connectivity index (χ0v) is 20.8. The van der Waals surface area contributed by atoms with Crippen LogP contribution in [-0.4, -0.2) is 30.7 Å². The van der Waals surface area contributed by atoms with E-state index in [2.05, 4.69) is 16.1 Å². The number of hydrogen-bond acceptors (Lipinski definition) is 4. The molecule has 0 atom stereocenters. The maximum absolute atomic E-state index is 13.0. The molecule has 2 aromatic carbocycles. The van der Waals surface area contributed by atoms with Crippen molar-refractivity contribution in [2.75, 3.05) is 0 Å². The van der Waals surface area contributed by atoms with Gasteiger partial charge in [-0.15, -0.1) is 0 Å². The van der Waals surface area contributed by atoms with E-state index in [0.717, 1.165) is 51.7 Å². The number of pyridine rings is 1. The quantitative estimate of drug-likeness (QED) is 0.401. The first kappa shape index (κ1) is 22.3. The molecule has 0 spiro atoms. The Balaban J connectivity index is 1.43. The number of aromatic nitrogens is 3. The van der Waals surface area contributed by atoms with Gasteiger partial charge in [0.15, 0.2) is 0 Å². The van der Waals surface area contributed by atoms with Crippen molar-refractivity contribution >= 4 is 28.4 Å². The fourth-order valence-corrected chi connectivity index (χ4v) is 5.49. The van der Waals surface area contributed by atoms with E-state index in [1.54, 1.807) is 30.8 Å². The van der Waals surface area contributed by atoms with Crippen LogP contribution < -0.4 is 0 Å². The van der Waals surface area contributed by atoms with Gasteiger partial charge in [-0.05, 0) is 73.1 Å². The molecule has 35 heavy (non-hydrogen) atoms. The highest BCUT2D eigenvalue weighted by Gasteiger charge is 2.33. The second-order valence-electron chi connectivity index (χ2n) is 10.2. The van der Waals surface area contributed by atoms with Crippen LogP contribution in [0.25, 0.3) is 22.0 Å². The lowest BCUT2D eigenvalue weighted by Crippen LogP contribution is -2.24. The lowest BCUT2D eigenvalue weighted by molar-refractivity contribution is 0.0765. The molecule has 0 bridgehead atoms. The van der Waals surface area contributed by atoms with Crippen molar-refractivity contribution in [3.8, 4) is 11.1 Å². The second kappa shape index (κ2) is 7.90. The molecule has 1 aliphatic carbocycles. The van der Waals surface area contributed by atoms with E-state index in [9.17, 15) is 9.90 Å². The Morgan fingerprint density at radius 3 is 2.69 bits per heavy atom. The number of benzene rings is 2. The number of rotatable bonds is 5. The normalized spacial score (nSPS) is 15.8. The standard InChI is InChI=1S/C28H27ClN4O2/c1-28(2,35)23-9-8-18(22-13-32(3)31-26(22)23)17-11-20(16-6-7-16)21(24(29)12-17)14-33-15-25-19(27(33)34)5-4-10-30-25/h4-5,8-13,16,35H,6-7,14-15H2,1-3H3. The first-order valence-electron chi connectivity index (χ1n) is 12.0. The van der Waals surface area contributed by atoms with E-state index in [1.807, 2.05) is 42.4 Å². The van der Waals surface area contributed by atoms with Crippen LogP contribution in [0.1, 0.15) is 65.3 Å². The van der Waals surface area contributed by atoms with Gasteiger partial charge >= 0.3 is 0 Å². The minimum absolute atomic E-state index is 0.00858. The largest absolute Gasteiger partial charge is 0.386 e. The summed E-state index contributed by atoms with van der Waals surface area (Å²) in [5.74, 6) is 0.468. The number of hydrogen-bond donors (Lipinski definition) is 1. The molecule has 6 rings (SSSR count). The molecule has 1 aliphatic heterocycles. The summed E-state index contributed by atoms with van der Waals surface area (Å²) in [6.07, 6.45) is 5.98. The highest BCUT2D eigenvalue weighted by atomic mass is 35.5. The van der Waals surface area contributed by atoms with Gasteiger partial charge in [0.1, 0.15) is 0 Å². The molecule has 6 nitrogen and oxygen atoms in total. The van der Waals surface area contributed by atoms with Gasteiger partial charge in [0.2, 0.25) is 0 Å². The van der Waals surface area contributed by atoms with Crippen LogP contribution in [-0.2, 0) is 25.7 Å². The van der Waals surface area contributed by atoms with Gasteiger partial charge in [0, 0.05) is 42.0 Å². The molecule has 178 valence electrons. The van der Waals surface area contributed by atoms with E-state index in [0.29, 0.717) is 29.6 Å². The lowest BCUT2D eigenvalue weighted by atomic mass is 9.90. The monoisotopic (exact) mass is 486 g/mol. The fourth-order valence-electron chi connectivity index (χ4n) is 5.20. The maximum atomic E-state index is 13.0. The molecule has 3 heterocycles. The van der Waals surface area contributed by atoms with Gasteiger partial charge in [-0.25, -0.2) is 0 Å². The Morgan fingerprint density at radius 1 is 1.17 bits per heavy atom. The number of carbonyl (C=O) groups excluding carboxylic acids is 1. The van der Waals surface area contributed by atoms with Crippen molar-refractivity contribution in [1.82, 2.24) is 19.7 Å². The topological polar surface area (TPSA) is 71.2 Å². The third kappa shape index (κ3) is 3.81. The number of fused-ring (bicyclic) bond motifs is 2. The summed E-state index contributed by atoms with van der Waals surface area (Å²) in [5, 5.41) is 17.0. The zero-order chi connectivity index (χ0) is 24.5. The maximum Gasteiger partial charge on any atom is 0.256 e. The Bertz CT molecular complexity index is 1500. The summed E-state index contributed by atoms with van der Waals surface area (Å²) < 4.78 is 1.78. The van der Waals surface area contributed by atoms with Crippen LogP contribution in [0.3, 0.4) is 0 Å². The minimum atomic E-state index is -0.999. The molecular formula is C28H27ClN4O2. The molecule has 0 radical (unpaired) electrons. The fraction of sp³-hybridized carbons (Fsp3) is 0.321. The summed E-state index contributed by atoms with van der Waals surface area (Å²) in [6.45, 7) is 4.53. The summed E-state index contributed by atoms with van der Waals surface area (Å²) in [7, 11) is 1.89. The first-order chi connectivity index (χ1) is 16.7. The van der Waals surface area contributed by atoms with Crippen molar-refractivity contribution in [2.45, 2.75) is 51.3 Å². The highest BCUT2D eigenvalue weighted by Crippen LogP contribution is 2.46. The predicted octanol–water partition coefficient (Wildman–Crippen LogP) is 5.55. The average Bonchev–Trinajstić information content (AvgIpc) is 3.50. The Labute approximate surface area is 209 Å². The van der Waals surface area contributed by atoms with E-state index >= 15 is 0 Å². The number of carbonyl (C=O) groups is 1. The Kier molecular flexibility index (Phi) is 5.02. The molecule has 4 aromatic rings. The second-order valence-corrected chi connectivity index (χ2v) is 10.7. The van der Waals surface area contributed by atoms with Crippen LogP contribution in [0.4, 0.5) is 0 Å². The van der Waals surface area contributed by atoms with Crippen molar-refractivity contribution < 1.29 is 9.90 Å². The van der Waals surface area contributed by atoms with Gasteiger partial charge in [0.25, 0.3) is 5.91 Å². The Hall–Kier alpha value is -3.22. The third-order valence-electron chi connectivity index (χ3n) is 7.11. The van der Waals surface area contributed by atoms with Crippen molar-refractivity contribution in [3.63, 3.8) is 0 Å². The van der Waals surface area contributed by atoms with Gasteiger partial charge < -0.3 is 10.0 Å². The van der Waals surface area contributed by atoms with Crippen LogP contribution in [0.5, 0.6) is 0 Å². The zero-order valence-electron chi connectivity index (χ0n) is 20.0. The van der Waals surface area contributed by atoms with Crippen molar-refractivity contribution in [2.24, 2.45) is 7.05 Å². The van der Waals surface area contributed by atoms with Crippen LogP contribution in [0.15, 0.2) is 48.8 Å². The summed E-state index contributed by atoms with van der Waals surface area (Å²) in [4.78, 5) is 19.2. The molecule has 1 amide bonds. The first-order valence-corrected chi connectivity index (χ1v) is 12.3. The molecule has 1 saturated carbocycles. The number of aryl methyl sites for hydroxylation is 1. The van der Waals surface area contributed by atoms with Crippen LogP contribution in [0.2, 0.25) is 5.02 Å². The van der Waals surface area contributed by atoms with Crippen LogP contribution >= 0.6 is 11.6 Å². The molecule has 7 heteroatoms. The van der Waals surface area contributed by atoms with Crippen LogP contribution in [0, 0.1) is 0 Å². The minimum Gasteiger partial charge on any atom is -0.386 e. The van der Waals surface area contributed by atoms with Crippen molar-refractivity contribution in [1.29, 1.82) is 0 Å². The summed E-state index contributed by atoms with van der Waals surface area (Å²) >= 11 is 6.94. The SMILES string of the molecule is Cn1cc2c(-c3cc(Cl)c(CN4Cc5ncccc5C4=O)c(C4CC4)c3)ccc(C(C)(C)O)c2n1. The molecule has 1 N–H and O–H groups in total. The number of nitrogens with zero attached hydrogens (tertiary/aromatic N) is 4. The number of aliphatic hydroxyl groups is 1. The van der Waals surface area contributed by atoms with Gasteiger partial charge in [-0.3, -0.25) is 14.5 Å². The van der Waals surface area contributed by atoms with E-state index in [4.69, 9.17) is 11.6 Å². The number of halogens is 1. The van der Waals surface area contributed by atoms with E-state index < -0.39 is 5.60 Å². The molecule has 2 aromatic heterocycles. The third-order valence-corrected chi connectivity index (χ3v) is 7.44. The average molecular weight is 487 g/mol. The molecule has 2 aliphatic rings. The van der Waals surface area contributed by atoms with Gasteiger partial charge in [-0.1, -0.05) is 29.8 Å². The van der Waals surface area contributed by atoms with E-state index in [1.165, 1.54) is 5.56 Å². The lowest BCUT2D eigenvalue weighted by Gasteiger charge is -2.21. The highest BCUT2D eigenvalue weighted by molar-refractivity contribution is 6.32. The molecule has 0 saturated heterocycles. The smallest absolute Gasteiger partial charge is 0.256 e. The molecule has 0 unspecified atom stereocenters. The van der Waals surface area contributed by atoms with Gasteiger partial charge in [-0.2, -0.15) is 5.10 Å². The Morgan fingerprint density at radius 2 is 1.97 bits per heavy atom. The number of amides is 1. The van der Waals surface area contributed by atoms with Gasteiger partial charge in [0.05, 0.1) is 28.9 Å². The predicted molar refractivity (Wildman–Crippen MR) is 136 cm³/mol. The summed E-state index contributed by atoms with van der Waals surface area (Å²) in [6, 6.07) is 11.9. The molecule has 1 fully saturated rings. The van der Waals surface area contributed by atoms with Crippen molar-refractivity contribution in [3.05, 3.63) is 81.8 Å². The van der Waals surface area contributed by atoms with E-state index in [-0.39, 0.29) is 5.91 Å². The molecular weight excluding hydrogens is 460 g/mol.